The normalized spacial score (nSPS) is 16.4. The molecule has 0 spiro atoms. The number of nitrogen functional groups attached to an aromatic ring is 1. The van der Waals surface area contributed by atoms with Crippen LogP contribution in [0.25, 0.3) is 0 Å². The van der Waals surface area contributed by atoms with Gasteiger partial charge in [0.2, 0.25) is 5.88 Å². The number of amides is 1. The van der Waals surface area contributed by atoms with Gasteiger partial charge in [-0.05, 0) is 39.1 Å². The lowest BCUT2D eigenvalue weighted by molar-refractivity contribution is 0.102. The van der Waals surface area contributed by atoms with Gasteiger partial charge in [0.15, 0.2) is 11.6 Å². The largest absolute Gasteiger partial charge is 0.477 e. The lowest BCUT2D eigenvalue weighted by atomic mass is 10.1. The van der Waals surface area contributed by atoms with Crippen LogP contribution in [0, 0.1) is 18.6 Å². The van der Waals surface area contributed by atoms with Crippen LogP contribution < -0.4 is 26.5 Å². The Hall–Kier alpha value is -3.28. The van der Waals surface area contributed by atoms with Gasteiger partial charge in [0.05, 0.1) is 40.5 Å². The molecule has 2 aliphatic heterocycles. The number of carbonyl (C=O) groups excluding carboxylic acids is 1. The highest BCUT2D eigenvalue weighted by Crippen LogP contribution is 2.37. The van der Waals surface area contributed by atoms with Gasteiger partial charge in [-0.15, -0.1) is 5.53 Å². The topological polar surface area (TPSA) is 89.3 Å². The number of rotatable bonds is 6. The van der Waals surface area contributed by atoms with Gasteiger partial charge in [-0.1, -0.05) is 11.6 Å². The summed E-state index contributed by atoms with van der Waals surface area (Å²) in [6.45, 7) is 6.61. The van der Waals surface area contributed by atoms with Gasteiger partial charge >= 0.3 is 0 Å². The average molecular weight is 522 g/mol. The number of benzene rings is 2. The number of carbonyl (C=O) groups is 1. The molecule has 1 saturated heterocycles. The first-order valence-corrected chi connectivity index (χ1v) is 11.9. The Morgan fingerprint density at radius 2 is 1.83 bits per heavy atom. The molecule has 4 N–H and O–H groups in total. The van der Waals surface area contributed by atoms with Crippen LogP contribution in [0.1, 0.15) is 22.8 Å². The van der Waals surface area contributed by atoms with Crippen LogP contribution in [0.3, 0.4) is 0 Å². The number of hydrogen-bond acceptors (Lipinski definition) is 8. The molecule has 9 nitrogen and oxygen atoms in total. The van der Waals surface area contributed by atoms with E-state index in [0.29, 0.717) is 31.3 Å². The van der Waals surface area contributed by atoms with Crippen molar-refractivity contribution in [3.8, 4) is 0 Å². The minimum absolute atomic E-state index is 0.0126. The molecule has 36 heavy (non-hydrogen) atoms. The molecule has 2 aromatic rings. The van der Waals surface area contributed by atoms with Crippen LogP contribution in [0.5, 0.6) is 0 Å². The third kappa shape index (κ3) is 4.86. The Kier molecular flexibility index (Phi) is 7.43. The number of halogens is 3. The quantitative estimate of drug-likeness (QED) is 0.498. The molecule has 12 heteroatoms. The first-order chi connectivity index (χ1) is 17.1. The van der Waals surface area contributed by atoms with E-state index in [1.165, 1.54) is 11.9 Å². The zero-order chi connectivity index (χ0) is 26.1. The van der Waals surface area contributed by atoms with Crippen molar-refractivity contribution in [2.45, 2.75) is 13.8 Å². The molecule has 4 rings (SSSR count). The van der Waals surface area contributed by atoms with Crippen molar-refractivity contribution in [3.63, 3.8) is 0 Å². The minimum Gasteiger partial charge on any atom is -0.477 e. The maximum Gasteiger partial charge on any atom is 0.257 e. The molecule has 2 aromatic carbocycles. The van der Waals surface area contributed by atoms with Gasteiger partial charge < -0.3 is 25.6 Å². The highest BCUT2D eigenvalue weighted by atomic mass is 35.5. The summed E-state index contributed by atoms with van der Waals surface area (Å²) in [5.41, 5.74) is 9.20. The van der Waals surface area contributed by atoms with E-state index in [-0.39, 0.29) is 33.2 Å². The number of hydrogen-bond donors (Lipinski definition) is 3. The summed E-state index contributed by atoms with van der Waals surface area (Å²) < 4.78 is 35.8. The zero-order valence-corrected chi connectivity index (χ0v) is 21.4. The summed E-state index contributed by atoms with van der Waals surface area (Å²) in [5.74, 6) is -1.53. The van der Waals surface area contributed by atoms with E-state index in [0.717, 1.165) is 19.2 Å². The maximum absolute atomic E-state index is 16.1. The van der Waals surface area contributed by atoms with Crippen molar-refractivity contribution in [3.05, 3.63) is 58.1 Å². The van der Waals surface area contributed by atoms with Crippen molar-refractivity contribution in [1.29, 1.82) is 0 Å². The second kappa shape index (κ2) is 10.4. The third-order valence-electron chi connectivity index (χ3n) is 6.25. The molecule has 1 fully saturated rings. The first kappa shape index (κ1) is 25.8. The van der Waals surface area contributed by atoms with Gasteiger partial charge in [-0.3, -0.25) is 14.8 Å². The average Bonchev–Trinajstić information content (AvgIpc) is 3.21. The summed E-state index contributed by atoms with van der Waals surface area (Å²) in [6.07, 6.45) is 1.62. The van der Waals surface area contributed by atoms with E-state index < -0.39 is 17.5 Å². The smallest absolute Gasteiger partial charge is 0.257 e. The summed E-state index contributed by atoms with van der Waals surface area (Å²) in [4.78, 5) is 17.5. The molecular weight excluding hydrogens is 492 g/mol. The van der Waals surface area contributed by atoms with Gasteiger partial charge in [0.1, 0.15) is 5.69 Å². The fourth-order valence-corrected chi connectivity index (χ4v) is 4.38. The fraction of sp³-hybridized carbons (Fsp3) is 0.375. The van der Waals surface area contributed by atoms with Crippen LogP contribution in [-0.4, -0.2) is 62.7 Å². The summed E-state index contributed by atoms with van der Waals surface area (Å²) in [6, 6.07) is 4.56. The predicted molar refractivity (Wildman–Crippen MR) is 138 cm³/mol. The van der Waals surface area contributed by atoms with E-state index in [9.17, 15) is 9.18 Å². The number of piperazine rings is 1. The van der Waals surface area contributed by atoms with Crippen LogP contribution in [-0.2, 0) is 4.74 Å². The molecule has 0 unspecified atom stereocenters. The van der Waals surface area contributed by atoms with E-state index in [4.69, 9.17) is 22.1 Å². The molecule has 194 valence electrons. The lowest BCUT2D eigenvalue weighted by Crippen LogP contribution is -2.45. The van der Waals surface area contributed by atoms with Gasteiger partial charge in [-0.25, -0.2) is 8.78 Å². The molecular formula is C24H30ClF2N7O2. The van der Waals surface area contributed by atoms with Crippen LogP contribution in [0.2, 0.25) is 5.02 Å². The zero-order valence-electron chi connectivity index (χ0n) is 20.7. The summed E-state index contributed by atoms with van der Waals surface area (Å²) in [7, 11) is 3.76. The standard InChI is InChI=1S/C24H30ClF2N7O2/c1-5-36-19-13-34(30-32(19)4)17-6-7-18(33-10-8-31(3)9-11-33)23(22(17)27)29-24(35)15-12-16(28)21(26)14(2)20(15)25/h6-7,12-13,30H,5,8-11,28H2,1-4H3,(H,29,35). The maximum atomic E-state index is 16.1. The number of hydrazine groups is 2. The summed E-state index contributed by atoms with van der Waals surface area (Å²) in [5, 5.41) is 5.68. The fourth-order valence-electron chi connectivity index (χ4n) is 4.16. The van der Waals surface area contributed by atoms with Crippen LogP contribution in [0.15, 0.2) is 30.3 Å². The molecule has 0 aliphatic carbocycles. The summed E-state index contributed by atoms with van der Waals surface area (Å²) >= 11 is 6.26. The second-order valence-electron chi connectivity index (χ2n) is 8.73. The Labute approximate surface area is 213 Å². The monoisotopic (exact) mass is 521 g/mol. The van der Waals surface area contributed by atoms with E-state index in [1.54, 1.807) is 30.4 Å². The van der Waals surface area contributed by atoms with Gasteiger partial charge in [0, 0.05) is 38.8 Å². The SMILES string of the molecule is CCOC1=CN(c2ccc(N3CCN(C)CC3)c(NC(=O)c3cc(N)c(F)c(C)c3Cl)c2F)NN1C. The van der Waals surface area contributed by atoms with Crippen molar-refractivity contribution < 1.29 is 18.3 Å². The molecule has 1 amide bonds. The van der Waals surface area contributed by atoms with E-state index in [1.807, 2.05) is 18.9 Å². The van der Waals surface area contributed by atoms with Crippen molar-refractivity contribution in [2.24, 2.45) is 0 Å². The molecule has 0 saturated carbocycles. The number of anilines is 4. The Bertz CT molecular complexity index is 1200. The molecule has 0 aromatic heterocycles. The number of nitrogens with zero attached hydrogens (tertiary/aromatic N) is 4. The van der Waals surface area contributed by atoms with E-state index >= 15 is 4.39 Å². The minimum atomic E-state index is -0.696. The van der Waals surface area contributed by atoms with Gasteiger partial charge in [-0.2, -0.15) is 0 Å². The van der Waals surface area contributed by atoms with Gasteiger partial charge in [0.25, 0.3) is 5.91 Å². The Balaban J connectivity index is 1.75. The predicted octanol–water partition coefficient (Wildman–Crippen LogP) is 3.52. The van der Waals surface area contributed by atoms with Crippen molar-refractivity contribution in [1.82, 2.24) is 15.4 Å². The highest BCUT2D eigenvalue weighted by Gasteiger charge is 2.28. The second-order valence-corrected chi connectivity index (χ2v) is 9.11. The van der Waals surface area contributed by atoms with Crippen LogP contribution in [0.4, 0.5) is 31.5 Å². The molecule has 0 bridgehead atoms. The van der Waals surface area contributed by atoms with Crippen molar-refractivity contribution in [2.75, 3.05) is 67.8 Å². The number of likely N-dealkylation sites (N-methyl/N-ethyl adjacent to an activating group) is 1. The highest BCUT2D eigenvalue weighted by molar-refractivity contribution is 6.35. The molecule has 0 atom stereocenters. The van der Waals surface area contributed by atoms with Crippen LogP contribution >= 0.6 is 11.6 Å². The lowest BCUT2D eigenvalue weighted by Gasteiger charge is -2.35. The molecule has 0 radical (unpaired) electrons. The third-order valence-corrected chi connectivity index (χ3v) is 6.74. The number of ether oxygens (including phenoxy) is 1. The molecule has 2 aliphatic rings. The number of nitrogens with two attached hydrogens (primary N) is 1. The Morgan fingerprint density at radius 1 is 1.17 bits per heavy atom. The Morgan fingerprint density at radius 3 is 2.50 bits per heavy atom. The van der Waals surface area contributed by atoms with Crippen molar-refractivity contribution >= 4 is 40.3 Å². The molecule has 2 heterocycles. The first-order valence-electron chi connectivity index (χ1n) is 11.6. The van der Waals surface area contributed by atoms with E-state index in [2.05, 4.69) is 15.8 Å². The number of nitrogens with one attached hydrogen (secondary N) is 2.